The average Bonchev–Trinajstić information content (AvgIpc) is 3.38. The maximum atomic E-state index is 15.0. The minimum atomic E-state index is -0.638. The third kappa shape index (κ3) is 2.99. The van der Waals surface area contributed by atoms with E-state index in [4.69, 9.17) is 5.73 Å². The quantitative estimate of drug-likeness (QED) is 0.576. The van der Waals surface area contributed by atoms with E-state index in [9.17, 15) is 8.78 Å². The lowest BCUT2D eigenvalue weighted by molar-refractivity contribution is 0.318. The Bertz CT molecular complexity index is 1250. The van der Waals surface area contributed by atoms with Crippen molar-refractivity contribution in [3.8, 4) is 0 Å². The Labute approximate surface area is 164 Å². The molecule has 0 bridgehead atoms. The van der Waals surface area contributed by atoms with Crippen LogP contribution >= 0.6 is 0 Å². The number of nitrogens with zero attached hydrogens (tertiary/aromatic N) is 6. The summed E-state index contributed by atoms with van der Waals surface area (Å²) in [5.74, 6) is -1.25. The molecule has 4 heterocycles. The molecule has 0 amide bonds. The van der Waals surface area contributed by atoms with E-state index in [1.807, 2.05) is 12.1 Å². The second-order valence-corrected chi connectivity index (χ2v) is 6.92. The van der Waals surface area contributed by atoms with Crippen molar-refractivity contribution in [1.29, 1.82) is 0 Å². The van der Waals surface area contributed by atoms with Gasteiger partial charge in [0.05, 0.1) is 42.2 Å². The number of hydrogen-bond acceptors (Lipinski definition) is 6. The molecule has 29 heavy (non-hydrogen) atoms. The summed E-state index contributed by atoms with van der Waals surface area (Å²) in [6.45, 7) is 0.973. The van der Waals surface area contributed by atoms with E-state index in [1.54, 1.807) is 34.1 Å². The normalized spacial score (nSPS) is 16.4. The summed E-state index contributed by atoms with van der Waals surface area (Å²) in [6, 6.07) is 8.19. The van der Waals surface area contributed by atoms with Gasteiger partial charge in [0.1, 0.15) is 11.6 Å². The molecule has 2 N–H and O–H groups in total. The topological polar surface area (TPSA) is 84.7 Å². The molecule has 0 radical (unpaired) electrons. The fourth-order valence-electron chi connectivity index (χ4n) is 3.58. The number of benzene rings is 1. The number of rotatable bonds is 4. The first-order valence-electron chi connectivity index (χ1n) is 9.18. The Kier molecular flexibility index (Phi) is 4.17. The molecule has 1 unspecified atom stereocenters. The van der Waals surface area contributed by atoms with Crippen molar-refractivity contribution >= 4 is 22.8 Å². The summed E-state index contributed by atoms with van der Waals surface area (Å²) in [7, 11) is 0. The van der Waals surface area contributed by atoms with Crippen LogP contribution in [0.2, 0.25) is 0 Å². The standard InChI is InChI=1S/C20H17F2N7/c21-16-7-18-14(2-1-5-24-18)20(22)15(16)6-13-9-25-19-4-3-17(27-29(13)19)12-8-26-28(10-12)11-23/h1-5,7-9,12H,6,10-11,23H2. The van der Waals surface area contributed by atoms with Gasteiger partial charge in [-0.05, 0) is 24.3 Å². The number of aromatic nitrogens is 4. The molecule has 0 saturated carbocycles. The number of halogens is 2. The Morgan fingerprint density at radius 2 is 2.07 bits per heavy atom. The molecule has 4 aromatic rings. The Morgan fingerprint density at radius 1 is 1.17 bits per heavy atom. The lowest BCUT2D eigenvalue weighted by atomic mass is 10.0. The summed E-state index contributed by atoms with van der Waals surface area (Å²) >= 11 is 0. The van der Waals surface area contributed by atoms with Crippen LogP contribution in [-0.4, -0.2) is 44.0 Å². The molecule has 5 rings (SSSR count). The number of pyridine rings is 1. The highest BCUT2D eigenvalue weighted by molar-refractivity contribution is 5.80. The molecule has 1 atom stereocenters. The molecular formula is C20H17F2N7. The van der Waals surface area contributed by atoms with E-state index in [0.717, 1.165) is 5.69 Å². The molecule has 0 spiro atoms. The van der Waals surface area contributed by atoms with Crippen LogP contribution in [0.15, 0.2) is 47.8 Å². The predicted octanol–water partition coefficient (Wildman–Crippen LogP) is 2.45. The summed E-state index contributed by atoms with van der Waals surface area (Å²) < 4.78 is 31.2. The minimum absolute atomic E-state index is 0.00147. The average molecular weight is 393 g/mol. The van der Waals surface area contributed by atoms with E-state index >= 15 is 0 Å². The van der Waals surface area contributed by atoms with Gasteiger partial charge in [-0.3, -0.25) is 9.99 Å². The van der Waals surface area contributed by atoms with Gasteiger partial charge in [0, 0.05) is 35.8 Å². The van der Waals surface area contributed by atoms with Gasteiger partial charge in [-0.15, -0.1) is 0 Å². The Hall–Kier alpha value is -3.46. The minimum Gasteiger partial charge on any atom is -0.313 e. The van der Waals surface area contributed by atoms with Crippen molar-refractivity contribution in [1.82, 2.24) is 24.6 Å². The molecule has 0 saturated heterocycles. The Balaban J connectivity index is 1.54. The van der Waals surface area contributed by atoms with Gasteiger partial charge in [0.25, 0.3) is 0 Å². The van der Waals surface area contributed by atoms with Crippen molar-refractivity contribution in [2.75, 3.05) is 13.2 Å². The monoisotopic (exact) mass is 393 g/mol. The van der Waals surface area contributed by atoms with Crippen molar-refractivity contribution in [3.63, 3.8) is 0 Å². The van der Waals surface area contributed by atoms with Crippen LogP contribution in [0.25, 0.3) is 16.6 Å². The molecule has 7 nitrogen and oxygen atoms in total. The van der Waals surface area contributed by atoms with Crippen LogP contribution in [0.4, 0.5) is 8.78 Å². The lowest BCUT2D eigenvalue weighted by Crippen LogP contribution is -2.24. The summed E-state index contributed by atoms with van der Waals surface area (Å²) in [5, 5.41) is 10.9. The second kappa shape index (κ2) is 6.85. The number of fused-ring (bicyclic) bond motifs is 2. The van der Waals surface area contributed by atoms with Crippen molar-refractivity contribution < 1.29 is 8.78 Å². The number of imidazole rings is 1. The Morgan fingerprint density at radius 3 is 2.90 bits per heavy atom. The highest BCUT2D eigenvalue weighted by Crippen LogP contribution is 2.25. The van der Waals surface area contributed by atoms with Gasteiger partial charge in [0.15, 0.2) is 5.65 Å². The molecule has 1 aliphatic heterocycles. The van der Waals surface area contributed by atoms with Gasteiger partial charge >= 0.3 is 0 Å². The summed E-state index contributed by atoms with van der Waals surface area (Å²) in [6.07, 6.45) is 4.92. The smallest absolute Gasteiger partial charge is 0.153 e. The number of hydrazone groups is 1. The highest BCUT2D eigenvalue weighted by Gasteiger charge is 2.21. The van der Waals surface area contributed by atoms with E-state index < -0.39 is 11.6 Å². The van der Waals surface area contributed by atoms with Crippen LogP contribution in [0, 0.1) is 11.6 Å². The molecule has 1 aliphatic rings. The molecule has 1 aromatic carbocycles. The zero-order valence-corrected chi connectivity index (χ0v) is 15.3. The van der Waals surface area contributed by atoms with Crippen LogP contribution in [-0.2, 0) is 6.42 Å². The van der Waals surface area contributed by atoms with Gasteiger partial charge in [-0.1, -0.05) is 0 Å². The SMILES string of the molecule is NCN1CC(c2ccc3ncc(Cc4c(F)cc5ncccc5c4F)n3n2)C=N1. The van der Waals surface area contributed by atoms with Gasteiger partial charge < -0.3 is 5.73 Å². The fourth-order valence-corrected chi connectivity index (χ4v) is 3.58. The highest BCUT2D eigenvalue weighted by atomic mass is 19.1. The van der Waals surface area contributed by atoms with Crippen molar-refractivity contribution in [2.24, 2.45) is 10.8 Å². The lowest BCUT2D eigenvalue weighted by Gasteiger charge is -2.13. The summed E-state index contributed by atoms with van der Waals surface area (Å²) in [4.78, 5) is 8.34. The first kappa shape index (κ1) is 17.6. The first-order valence-corrected chi connectivity index (χ1v) is 9.18. The van der Waals surface area contributed by atoms with Gasteiger partial charge in [-0.2, -0.15) is 10.2 Å². The van der Waals surface area contributed by atoms with Gasteiger partial charge in [-0.25, -0.2) is 18.3 Å². The number of nitrogens with two attached hydrogens (primary N) is 1. The fraction of sp³-hybridized carbons (Fsp3) is 0.200. The molecular weight excluding hydrogens is 376 g/mol. The van der Waals surface area contributed by atoms with E-state index in [-0.39, 0.29) is 28.8 Å². The van der Waals surface area contributed by atoms with Crippen LogP contribution < -0.4 is 5.73 Å². The van der Waals surface area contributed by atoms with E-state index in [2.05, 4.69) is 20.2 Å². The largest absolute Gasteiger partial charge is 0.313 e. The zero-order valence-electron chi connectivity index (χ0n) is 15.3. The number of hydrogen-bond donors (Lipinski definition) is 1. The molecule has 9 heteroatoms. The molecule has 0 aliphatic carbocycles. The van der Waals surface area contributed by atoms with Crippen LogP contribution in [0.1, 0.15) is 22.9 Å². The predicted molar refractivity (Wildman–Crippen MR) is 104 cm³/mol. The van der Waals surface area contributed by atoms with Crippen LogP contribution in [0.5, 0.6) is 0 Å². The maximum absolute atomic E-state index is 15.0. The molecule has 0 fully saturated rings. The third-order valence-electron chi connectivity index (χ3n) is 5.11. The van der Waals surface area contributed by atoms with E-state index in [0.29, 0.717) is 24.6 Å². The summed E-state index contributed by atoms with van der Waals surface area (Å²) in [5.41, 5.74) is 7.87. The van der Waals surface area contributed by atoms with Crippen molar-refractivity contribution in [3.05, 3.63) is 71.3 Å². The van der Waals surface area contributed by atoms with Gasteiger partial charge in [0.2, 0.25) is 0 Å². The zero-order chi connectivity index (χ0) is 20.0. The van der Waals surface area contributed by atoms with Crippen molar-refractivity contribution in [2.45, 2.75) is 12.3 Å². The maximum Gasteiger partial charge on any atom is 0.153 e. The van der Waals surface area contributed by atoms with Crippen LogP contribution in [0.3, 0.4) is 0 Å². The first-order chi connectivity index (χ1) is 14.1. The molecule has 146 valence electrons. The second-order valence-electron chi connectivity index (χ2n) is 6.92. The molecule has 3 aromatic heterocycles. The van der Waals surface area contributed by atoms with E-state index in [1.165, 1.54) is 12.3 Å². The third-order valence-corrected chi connectivity index (χ3v) is 5.11.